The monoisotopic (exact) mass is 386 g/mol. The molecular formula is C15H11Cl3Zr. The molecule has 0 aliphatic heterocycles. The van der Waals surface area contributed by atoms with Crippen LogP contribution in [0.2, 0.25) is 0 Å². The van der Waals surface area contributed by atoms with Gasteiger partial charge in [0.15, 0.2) is 0 Å². The molecule has 1 atom stereocenters. The molecule has 0 spiro atoms. The van der Waals surface area contributed by atoms with E-state index < -0.39 is 0 Å². The van der Waals surface area contributed by atoms with Gasteiger partial charge in [-0.05, 0) is 0 Å². The van der Waals surface area contributed by atoms with Crippen LogP contribution < -0.4 is 37.2 Å². The Balaban J connectivity index is 0.00000108. The van der Waals surface area contributed by atoms with Crippen molar-refractivity contribution in [3.63, 3.8) is 0 Å². The van der Waals surface area contributed by atoms with Crippen LogP contribution in [0, 0.1) is 0 Å². The molecule has 0 nitrogen and oxygen atoms in total. The second kappa shape index (κ2) is 8.27. The van der Waals surface area contributed by atoms with Crippen LogP contribution in [-0.2, 0) is 24.7 Å². The summed E-state index contributed by atoms with van der Waals surface area (Å²) in [6.07, 6.45) is 2.34. The van der Waals surface area contributed by atoms with E-state index >= 15 is 0 Å². The van der Waals surface area contributed by atoms with Crippen molar-refractivity contribution >= 4 is 11.6 Å². The summed E-state index contributed by atoms with van der Waals surface area (Å²) in [5.41, 5.74) is 5.71. The van der Waals surface area contributed by atoms with Crippen LogP contribution in [0.1, 0.15) is 20.3 Å². The molecule has 0 radical (unpaired) electrons. The van der Waals surface area contributed by atoms with Crippen LogP contribution in [0.15, 0.2) is 54.6 Å². The third kappa shape index (κ3) is 3.73. The van der Waals surface area contributed by atoms with Crippen molar-refractivity contribution in [2.75, 3.05) is 0 Å². The van der Waals surface area contributed by atoms with E-state index in [1.807, 2.05) is 0 Å². The van der Waals surface area contributed by atoms with Gasteiger partial charge >= 0.3 is 111 Å². The van der Waals surface area contributed by atoms with Gasteiger partial charge in [-0.25, -0.2) is 0 Å². The van der Waals surface area contributed by atoms with Crippen molar-refractivity contribution in [1.29, 1.82) is 0 Å². The van der Waals surface area contributed by atoms with Crippen LogP contribution in [0.5, 0.6) is 0 Å². The Morgan fingerprint density at radius 1 is 0.737 bits per heavy atom. The zero-order valence-electron chi connectivity index (χ0n) is 9.98. The minimum absolute atomic E-state index is 0. The number of rotatable bonds is 1. The van der Waals surface area contributed by atoms with E-state index in [4.69, 9.17) is 0 Å². The van der Waals surface area contributed by atoms with Crippen LogP contribution in [0.25, 0.3) is 11.6 Å². The maximum absolute atomic E-state index is 2.34. The Kier molecular flexibility index (Phi) is 8.24. The second-order valence-corrected chi connectivity index (χ2v) is 5.45. The fraction of sp³-hybridized carbons (Fsp3) is 0.0667. The van der Waals surface area contributed by atoms with Crippen molar-refractivity contribution in [1.82, 2.24) is 0 Å². The number of halogens is 3. The Labute approximate surface area is 147 Å². The van der Waals surface area contributed by atoms with Crippen molar-refractivity contribution < 1.29 is 61.9 Å². The van der Waals surface area contributed by atoms with Crippen LogP contribution in [-0.4, -0.2) is 0 Å². The predicted molar refractivity (Wildman–Crippen MR) is 63.5 cm³/mol. The van der Waals surface area contributed by atoms with Crippen LogP contribution in [0.4, 0.5) is 0 Å². The van der Waals surface area contributed by atoms with Crippen LogP contribution in [0.3, 0.4) is 0 Å². The summed E-state index contributed by atoms with van der Waals surface area (Å²) in [7, 11) is 0. The first-order chi connectivity index (χ1) is 7.86. The summed E-state index contributed by atoms with van der Waals surface area (Å²) in [6, 6.07) is 19.4. The van der Waals surface area contributed by atoms with Gasteiger partial charge in [-0.2, -0.15) is 0 Å². The molecule has 0 saturated carbocycles. The van der Waals surface area contributed by atoms with E-state index in [0.717, 1.165) is 0 Å². The first-order valence-electron chi connectivity index (χ1n) is 5.43. The number of hydrogen-bond donors (Lipinski definition) is 0. The second-order valence-electron chi connectivity index (χ2n) is 4.03. The number of hydrogen-bond acceptors (Lipinski definition) is 0. The number of fused-ring (bicyclic) bond motifs is 1. The van der Waals surface area contributed by atoms with E-state index in [9.17, 15) is 0 Å². The van der Waals surface area contributed by atoms with Gasteiger partial charge in [0.25, 0.3) is 0 Å². The van der Waals surface area contributed by atoms with Crippen LogP contribution >= 0.6 is 0 Å². The molecule has 0 fully saturated rings. The fourth-order valence-electron chi connectivity index (χ4n) is 2.20. The third-order valence-electron chi connectivity index (χ3n) is 3.04. The fourth-order valence-corrected chi connectivity index (χ4v) is 3.46. The molecule has 0 saturated heterocycles. The Bertz CT molecular complexity index is 552. The van der Waals surface area contributed by atoms with Gasteiger partial charge < -0.3 is 37.2 Å². The molecule has 0 heterocycles. The van der Waals surface area contributed by atoms with Gasteiger partial charge in [-0.1, -0.05) is 0 Å². The first kappa shape index (κ1) is 18.9. The predicted octanol–water partition coefficient (Wildman–Crippen LogP) is -5.16. The third-order valence-corrected chi connectivity index (χ3v) is 4.57. The molecule has 2 aromatic rings. The number of benzene rings is 2. The summed E-state index contributed by atoms with van der Waals surface area (Å²) in [5, 5.41) is 0. The van der Waals surface area contributed by atoms with Gasteiger partial charge in [0, 0.05) is 0 Å². The van der Waals surface area contributed by atoms with Gasteiger partial charge in [0.05, 0.1) is 0 Å². The molecule has 19 heavy (non-hydrogen) atoms. The first-order valence-corrected chi connectivity index (χ1v) is 6.85. The molecule has 96 valence electrons. The van der Waals surface area contributed by atoms with Crippen molar-refractivity contribution in [2.24, 2.45) is 0 Å². The van der Waals surface area contributed by atoms with Gasteiger partial charge in [0.2, 0.25) is 0 Å². The molecule has 0 amide bonds. The summed E-state index contributed by atoms with van der Waals surface area (Å²) >= 11 is 1.57. The van der Waals surface area contributed by atoms with E-state index in [1.54, 1.807) is 24.7 Å². The Morgan fingerprint density at radius 2 is 1.32 bits per heavy atom. The van der Waals surface area contributed by atoms with Crippen molar-refractivity contribution in [2.45, 2.75) is 3.63 Å². The molecule has 0 aromatic heterocycles. The summed E-state index contributed by atoms with van der Waals surface area (Å²) in [5.74, 6) is 0. The Hall–Kier alpha value is -0.0669. The molecule has 1 unspecified atom stereocenters. The maximum atomic E-state index is 2.34. The normalized spacial score (nSPS) is 15.3. The average Bonchev–Trinajstić information content (AvgIpc) is 2.69. The minimum atomic E-state index is 0. The molecule has 0 bridgehead atoms. The summed E-state index contributed by atoms with van der Waals surface area (Å²) in [4.78, 5) is 0. The number of allylic oxidation sites excluding steroid dienone is 1. The molecular weight excluding hydrogens is 378 g/mol. The molecule has 4 heteroatoms. The zero-order valence-corrected chi connectivity index (χ0v) is 14.7. The molecule has 1 aliphatic rings. The molecule has 2 aromatic carbocycles. The molecule has 3 rings (SSSR count). The van der Waals surface area contributed by atoms with Gasteiger partial charge in [-0.15, -0.1) is 0 Å². The topological polar surface area (TPSA) is 0 Å². The average molecular weight is 389 g/mol. The summed E-state index contributed by atoms with van der Waals surface area (Å²) in [6.45, 7) is 0. The van der Waals surface area contributed by atoms with Crippen molar-refractivity contribution in [3.05, 3.63) is 71.3 Å². The van der Waals surface area contributed by atoms with Crippen molar-refractivity contribution in [3.8, 4) is 0 Å². The van der Waals surface area contributed by atoms with E-state index in [1.165, 1.54) is 22.3 Å². The van der Waals surface area contributed by atoms with E-state index in [-0.39, 0.29) is 37.2 Å². The summed E-state index contributed by atoms with van der Waals surface area (Å²) < 4.78 is 0.603. The zero-order chi connectivity index (χ0) is 11.0. The SMILES string of the molecule is [Cl-].[Cl-].[Cl-].[Zr+3][CH]1C(c2ccccc2)=Cc2ccccc21. The van der Waals surface area contributed by atoms with E-state index in [2.05, 4.69) is 60.7 Å². The molecule has 0 N–H and O–H groups in total. The standard InChI is InChI=1S/C15H11.3ClH.Zr/c1-2-6-12(7-3-1)15-10-13-8-4-5-9-14(13)11-15;;;;/h1-11H;3*1H;/q;;;;+3/p-3. The quantitative estimate of drug-likeness (QED) is 0.458. The van der Waals surface area contributed by atoms with E-state index in [0.29, 0.717) is 3.63 Å². The Morgan fingerprint density at radius 3 is 1.95 bits per heavy atom. The van der Waals surface area contributed by atoms with Gasteiger partial charge in [-0.3, -0.25) is 0 Å². The molecule has 1 aliphatic carbocycles. The van der Waals surface area contributed by atoms with Gasteiger partial charge in [0.1, 0.15) is 0 Å².